The lowest BCUT2D eigenvalue weighted by molar-refractivity contribution is 0.0690. The Bertz CT molecular complexity index is 659. The third kappa shape index (κ3) is 2.10. The standard InChI is InChI=1S/C11H9ClN2O4/c1-18-9-3-2-6(4-7(9)12)14-10(15)5-8(13-14)11(16)17/h2-5,13H,1H3,(H,16,17). The van der Waals surface area contributed by atoms with E-state index in [4.69, 9.17) is 21.4 Å². The lowest BCUT2D eigenvalue weighted by Gasteiger charge is -2.06. The van der Waals surface area contributed by atoms with Crippen LogP contribution < -0.4 is 10.3 Å². The first-order valence-electron chi connectivity index (χ1n) is 4.92. The molecule has 18 heavy (non-hydrogen) atoms. The first-order chi connectivity index (χ1) is 8.52. The molecule has 0 bridgehead atoms. The summed E-state index contributed by atoms with van der Waals surface area (Å²) in [4.78, 5) is 22.3. The highest BCUT2D eigenvalue weighted by Crippen LogP contribution is 2.25. The zero-order chi connectivity index (χ0) is 13.3. The van der Waals surface area contributed by atoms with E-state index in [1.165, 1.54) is 13.2 Å². The van der Waals surface area contributed by atoms with Crippen molar-refractivity contribution in [3.05, 3.63) is 45.3 Å². The zero-order valence-electron chi connectivity index (χ0n) is 9.31. The predicted molar refractivity (Wildman–Crippen MR) is 64.9 cm³/mol. The molecule has 0 spiro atoms. The Kier molecular flexibility index (Phi) is 3.12. The number of rotatable bonds is 3. The number of carbonyl (C=O) groups is 1. The van der Waals surface area contributed by atoms with Gasteiger partial charge in [-0.1, -0.05) is 11.6 Å². The SMILES string of the molecule is COc1ccc(-n2[nH]c(C(=O)O)cc2=O)cc1Cl. The average Bonchev–Trinajstić information content (AvgIpc) is 2.71. The molecule has 0 fully saturated rings. The van der Waals surface area contributed by atoms with E-state index in [-0.39, 0.29) is 5.69 Å². The van der Waals surface area contributed by atoms with Crippen LogP contribution in [-0.4, -0.2) is 28.0 Å². The summed E-state index contributed by atoms with van der Waals surface area (Å²) in [7, 11) is 1.48. The van der Waals surface area contributed by atoms with Gasteiger partial charge in [0.25, 0.3) is 5.56 Å². The van der Waals surface area contributed by atoms with Gasteiger partial charge in [-0.15, -0.1) is 0 Å². The molecule has 0 atom stereocenters. The summed E-state index contributed by atoms with van der Waals surface area (Å²) >= 11 is 5.93. The number of carboxylic acid groups (broad SMARTS) is 1. The first kappa shape index (κ1) is 12.3. The third-order valence-corrected chi connectivity index (χ3v) is 2.64. The summed E-state index contributed by atoms with van der Waals surface area (Å²) in [6, 6.07) is 5.68. The fourth-order valence-electron chi connectivity index (χ4n) is 1.49. The van der Waals surface area contributed by atoms with Crippen LogP contribution in [0.5, 0.6) is 5.75 Å². The van der Waals surface area contributed by atoms with Crippen molar-refractivity contribution in [3.8, 4) is 11.4 Å². The molecular formula is C11H9ClN2O4. The van der Waals surface area contributed by atoms with Crippen molar-refractivity contribution in [1.82, 2.24) is 9.78 Å². The topological polar surface area (TPSA) is 84.3 Å². The second-order valence-corrected chi connectivity index (χ2v) is 3.87. The third-order valence-electron chi connectivity index (χ3n) is 2.34. The molecule has 1 aromatic heterocycles. The molecule has 0 unspecified atom stereocenters. The van der Waals surface area contributed by atoms with Crippen LogP contribution in [0.15, 0.2) is 29.1 Å². The number of nitrogens with one attached hydrogen (secondary N) is 1. The van der Waals surface area contributed by atoms with E-state index in [1.54, 1.807) is 12.1 Å². The Morgan fingerprint density at radius 1 is 1.44 bits per heavy atom. The second-order valence-electron chi connectivity index (χ2n) is 3.47. The van der Waals surface area contributed by atoms with Gasteiger partial charge in [0, 0.05) is 6.07 Å². The van der Waals surface area contributed by atoms with Crippen molar-refractivity contribution in [1.29, 1.82) is 0 Å². The number of hydrogen-bond acceptors (Lipinski definition) is 3. The average molecular weight is 269 g/mol. The minimum atomic E-state index is -1.20. The maximum Gasteiger partial charge on any atom is 0.353 e. The van der Waals surface area contributed by atoms with Crippen LogP contribution in [0.2, 0.25) is 5.02 Å². The number of methoxy groups -OCH3 is 1. The van der Waals surface area contributed by atoms with Crippen LogP contribution in [0.1, 0.15) is 10.5 Å². The highest BCUT2D eigenvalue weighted by molar-refractivity contribution is 6.32. The molecule has 1 heterocycles. The summed E-state index contributed by atoms with van der Waals surface area (Å²) < 4.78 is 6.08. The van der Waals surface area contributed by atoms with Gasteiger partial charge in [0.15, 0.2) is 0 Å². The molecule has 0 radical (unpaired) electrons. The number of carboxylic acids is 1. The van der Waals surface area contributed by atoms with Crippen LogP contribution in [0, 0.1) is 0 Å². The van der Waals surface area contributed by atoms with Gasteiger partial charge in [0.1, 0.15) is 11.4 Å². The molecule has 0 amide bonds. The van der Waals surface area contributed by atoms with Crippen molar-refractivity contribution < 1.29 is 14.6 Å². The summed E-state index contributed by atoms with van der Waals surface area (Å²) in [6.45, 7) is 0. The second kappa shape index (κ2) is 4.58. The van der Waals surface area contributed by atoms with E-state index in [9.17, 15) is 9.59 Å². The minimum absolute atomic E-state index is 0.188. The molecule has 0 saturated carbocycles. The number of aromatic nitrogens is 2. The minimum Gasteiger partial charge on any atom is -0.495 e. The van der Waals surface area contributed by atoms with Crippen LogP contribution >= 0.6 is 11.6 Å². The Morgan fingerprint density at radius 3 is 2.67 bits per heavy atom. The molecule has 0 aliphatic carbocycles. The molecule has 7 heteroatoms. The molecule has 2 rings (SSSR count). The lowest BCUT2D eigenvalue weighted by atomic mass is 10.3. The van der Waals surface area contributed by atoms with E-state index in [2.05, 4.69) is 5.10 Å². The van der Waals surface area contributed by atoms with Gasteiger partial charge in [0.2, 0.25) is 0 Å². The van der Waals surface area contributed by atoms with Gasteiger partial charge in [-0.25, -0.2) is 9.48 Å². The maximum atomic E-state index is 11.6. The molecule has 0 saturated heterocycles. The summed E-state index contributed by atoms with van der Waals surface area (Å²) in [5, 5.41) is 11.6. The molecule has 2 N–H and O–H groups in total. The number of nitrogens with zero attached hydrogens (tertiary/aromatic N) is 1. The summed E-state index contributed by atoms with van der Waals surface area (Å²) in [5.41, 5.74) is -0.237. The molecule has 0 aliphatic heterocycles. The van der Waals surface area contributed by atoms with E-state index in [0.717, 1.165) is 10.7 Å². The van der Waals surface area contributed by atoms with Gasteiger partial charge >= 0.3 is 5.97 Å². The molecule has 94 valence electrons. The Morgan fingerprint density at radius 2 is 2.17 bits per heavy atom. The number of H-pyrrole nitrogens is 1. The zero-order valence-corrected chi connectivity index (χ0v) is 10.1. The quantitative estimate of drug-likeness (QED) is 0.884. The van der Waals surface area contributed by atoms with Crippen LogP contribution in [0.4, 0.5) is 0 Å². The molecule has 1 aromatic carbocycles. The smallest absolute Gasteiger partial charge is 0.353 e. The van der Waals surface area contributed by atoms with E-state index in [0.29, 0.717) is 16.5 Å². The number of hydrogen-bond donors (Lipinski definition) is 2. The highest BCUT2D eigenvalue weighted by atomic mass is 35.5. The van der Waals surface area contributed by atoms with Crippen LogP contribution in [-0.2, 0) is 0 Å². The Balaban J connectivity index is 2.52. The van der Waals surface area contributed by atoms with Gasteiger partial charge in [-0.05, 0) is 18.2 Å². The monoisotopic (exact) mass is 268 g/mol. The van der Waals surface area contributed by atoms with Crippen molar-refractivity contribution in [3.63, 3.8) is 0 Å². The van der Waals surface area contributed by atoms with Crippen molar-refractivity contribution >= 4 is 17.6 Å². The number of ether oxygens (including phenoxy) is 1. The van der Waals surface area contributed by atoms with Crippen molar-refractivity contribution in [2.45, 2.75) is 0 Å². The van der Waals surface area contributed by atoms with Gasteiger partial charge in [-0.3, -0.25) is 9.89 Å². The number of halogens is 1. The number of benzene rings is 1. The van der Waals surface area contributed by atoms with Crippen LogP contribution in [0.3, 0.4) is 0 Å². The number of aromatic carboxylic acids is 1. The van der Waals surface area contributed by atoms with Gasteiger partial charge < -0.3 is 9.84 Å². The Labute approximate surface area is 106 Å². The first-order valence-corrected chi connectivity index (χ1v) is 5.30. The van der Waals surface area contributed by atoms with Crippen molar-refractivity contribution in [2.24, 2.45) is 0 Å². The molecule has 2 aromatic rings. The van der Waals surface area contributed by atoms with Crippen molar-refractivity contribution in [2.75, 3.05) is 7.11 Å². The van der Waals surface area contributed by atoms with E-state index in [1.807, 2.05) is 0 Å². The fourth-order valence-corrected chi connectivity index (χ4v) is 1.74. The highest BCUT2D eigenvalue weighted by Gasteiger charge is 2.11. The summed E-state index contributed by atoms with van der Waals surface area (Å²) in [6.07, 6.45) is 0. The predicted octanol–water partition coefficient (Wildman–Crippen LogP) is 1.53. The van der Waals surface area contributed by atoms with Crippen LogP contribution in [0.25, 0.3) is 5.69 Å². The summed E-state index contributed by atoms with van der Waals surface area (Å²) in [5.74, 6) is -0.732. The van der Waals surface area contributed by atoms with E-state index < -0.39 is 11.5 Å². The van der Waals surface area contributed by atoms with Gasteiger partial charge in [0.05, 0.1) is 17.8 Å². The largest absolute Gasteiger partial charge is 0.495 e. The fraction of sp³-hybridized carbons (Fsp3) is 0.0909. The van der Waals surface area contributed by atoms with Gasteiger partial charge in [-0.2, -0.15) is 0 Å². The normalized spacial score (nSPS) is 10.3. The molecule has 0 aliphatic rings. The Hall–Kier alpha value is -2.21. The molecule has 6 nitrogen and oxygen atoms in total. The maximum absolute atomic E-state index is 11.6. The number of aromatic amines is 1. The lowest BCUT2D eigenvalue weighted by Crippen LogP contribution is -2.13. The molecular weight excluding hydrogens is 260 g/mol. The van der Waals surface area contributed by atoms with E-state index >= 15 is 0 Å².